The van der Waals surface area contributed by atoms with Crippen molar-refractivity contribution >= 4 is 23.3 Å². The predicted octanol–water partition coefficient (Wildman–Crippen LogP) is 4.53. The molecular formula is C17H12ClF3N2O. The molecule has 0 bridgehead atoms. The van der Waals surface area contributed by atoms with E-state index < -0.39 is 17.8 Å². The largest absolute Gasteiger partial charge is 0.418 e. The van der Waals surface area contributed by atoms with Crippen LogP contribution in [0, 0.1) is 11.8 Å². The van der Waals surface area contributed by atoms with Crippen LogP contribution in [0.1, 0.15) is 11.1 Å². The fraction of sp³-hybridized carbons (Fsp3) is 0.118. The number of hydrogen-bond donors (Lipinski definition) is 2. The van der Waals surface area contributed by atoms with Gasteiger partial charge in [0.15, 0.2) is 0 Å². The van der Waals surface area contributed by atoms with E-state index >= 15 is 0 Å². The minimum Gasteiger partial charge on any atom is -0.327 e. The first kappa shape index (κ1) is 17.7. The Morgan fingerprint density at radius 3 is 2.58 bits per heavy atom. The van der Waals surface area contributed by atoms with Gasteiger partial charge in [-0.15, -0.1) is 0 Å². The second-order valence-corrected chi connectivity index (χ2v) is 5.10. The van der Waals surface area contributed by atoms with Crippen LogP contribution >= 0.6 is 11.6 Å². The molecule has 0 aliphatic carbocycles. The minimum atomic E-state index is -4.55. The van der Waals surface area contributed by atoms with E-state index in [2.05, 4.69) is 22.5 Å². The number of rotatable bonds is 2. The number of amides is 2. The lowest BCUT2D eigenvalue weighted by Crippen LogP contribution is -2.29. The molecule has 0 aliphatic heterocycles. The maximum atomic E-state index is 12.8. The Kier molecular flexibility index (Phi) is 5.72. The third-order valence-corrected chi connectivity index (χ3v) is 3.11. The molecule has 124 valence electrons. The van der Waals surface area contributed by atoms with Crippen LogP contribution in [0.3, 0.4) is 0 Å². The summed E-state index contributed by atoms with van der Waals surface area (Å²) in [6.07, 6.45) is -4.55. The van der Waals surface area contributed by atoms with E-state index in [4.69, 9.17) is 11.6 Å². The summed E-state index contributed by atoms with van der Waals surface area (Å²) < 4.78 is 38.5. The van der Waals surface area contributed by atoms with Crippen molar-refractivity contribution in [2.24, 2.45) is 0 Å². The first-order chi connectivity index (χ1) is 11.4. The van der Waals surface area contributed by atoms with Gasteiger partial charge in [-0.1, -0.05) is 41.6 Å². The molecule has 0 fully saturated rings. The van der Waals surface area contributed by atoms with Gasteiger partial charge in [0.2, 0.25) is 0 Å². The number of nitrogens with one attached hydrogen (secondary N) is 2. The van der Waals surface area contributed by atoms with Crippen molar-refractivity contribution in [2.75, 3.05) is 11.9 Å². The van der Waals surface area contributed by atoms with E-state index in [1.807, 2.05) is 0 Å². The van der Waals surface area contributed by atoms with E-state index in [1.54, 1.807) is 24.3 Å². The van der Waals surface area contributed by atoms with Gasteiger partial charge in [-0.3, -0.25) is 0 Å². The van der Waals surface area contributed by atoms with Gasteiger partial charge in [0.25, 0.3) is 0 Å². The lowest BCUT2D eigenvalue weighted by Gasteiger charge is -2.13. The fourth-order valence-electron chi connectivity index (χ4n) is 1.84. The third kappa shape index (κ3) is 5.21. The van der Waals surface area contributed by atoms with Crippen LogP contribution in [0.15, 0.2) is 48.5 Å². The Labute approximate surface area is 141 Å². The number of carbonyl (C=O) groups is 1. The molecule has 0 atom stereocenters. The number of benzene rings is 2. The second-order valence-electron chi connectivity index (χ2n) is 4.66. The van der Waals surface area contributed by atoms with E-state index in [9.17, 15) is 18.0 Å². The summed E-state index contributed by atoms with van der Waals surface area (Å²) in [5.74, 6) is 5.47. The lowest BCUT2D eigenvalue weighted by molar-refractivity contribution is -0.136. The summed E-state index contributed by atoms with van der Waals surface area (Å²) in [5, 5.41) is 5.07. The van der Waals surface area contributed by atoms with Crippen LogP contribution in [0.4, 0.5) is 23.7 Å². The molecule has 2 aromatic rings. The van der Waals surface area contributed by atoms with E-state index in [-0.39, 0.29) is 12.2 Å². The van der Waals surface area contributed by atoms with E-state index in [0.717, 1.165) is 6.07 Å². The zero-order chi connectivity index (χ0) is 17.6. The van der Waals surface area contributed by atoms with Gasteiger partial charge in [0.05, 0.1) is 17.8 Å². The van der Waals surface area contributed by atoms with Crippen molar-refractivity contribution in [2.45, 2.75) is 6.18 Å². The molecule has 0 saturated carbocycles. The van der Waals surface area contributed by atoms with Crippen LogP contribution < -0.4 is 10.6 Å². The van der Waals surface area contributed by atoms with Gasteiger partial charge in [-0.2, -0.15) is 13.2 Å². The highest BCUT2D eigenvalue weighted by atomic mass is 35.5. The monoisotopic (exact) mass is 352 g/mol. The van der Waals surface area contributed by atoms with Crippen LogP contribution in [-0.4, -0.2) is 12.6 Å². The molecule has 7 heteroatoms. The summed E-state index contributed by atoms with van der Waals surface area (Å²) in [4.78, 5) is 11.7. The highest BCUT2D eigenvalue weighted by molar-refractivity contribution is 6.30. The average Bonchev–Trinajstić information content (AvgIpc) is 2.51. The highest BCUT2D eigenvalue weighted by Gasteiger charge is 2.33. The molecule has 0 radical (unpaired) electrons. The normalized spacial score (nSPS) is 10.5. The van der Waals surface area contributed by atoms with Gasteiger partial charge >= 0.3 is 12.2 Å². The number of alkyl halides is 3. The lowest BCUT2D eigenvalue weighted by atomic mass is 10.1. The standard InChI is InChI=1S/C17H12ClF3N2O/c18-13-7-3-5-12(11-13)6-4-10-22-16(24)23-15-9-2-1-8-14(15)17(19,20)21/h1-3,5,7-9,11H,10H2,(H2,22,23,24). The van der Waals surface area contributed by atoms with Crippen LogP contribution in [0.5, 0.6) is 0 Å². The first-order valence-electron chi connectivity index (χ1n) is 6.82. The molecule has 2 N–H and O–H groups in total. The second kappa shape index (κ2) is 7.75. The highest BCUT2D eigenvalue weighted by Crippen LogP contribution is 2.34. The van der Waals surface area contributed by atoms with Gasteiger partial charge in [0, 0.05) is 10.6 Å². The topological polar surface area (TPSA) is 41.1 Å². The number of para-hydroxylation sites is 1. The Balaban J connectivity index is 1.94. The van der Waals surface area contributed by atoms with Gasteiger partial charge in [-0.05, 0) is 30.3 Å². The summed E-state index contributed by atoms with van der Waals surface area (Å²) in [6.45, 7) is -0.0213. The molecule has 2 amide bonds. The number of anilines is 1. The summed E-state index contributed by atoms with van der Waals surface area (Å²) in [5.41, 5.74) is -0.553. The van der Waals surface area contributed by atoms with Crippen LogP contribution in [0.2, 0.25) is 5.02 Å². The van der Waals surface area contributed by atoms with Gasteiger partial charge in [0.1, 0.15) is 0 Å². The maximum absolute atomic E-state index is 12.8. The molecule has 2 rings (SSSR count). The van der Waals surface area contributed by atoms with Crippen molar-refractivity contribution < 1.29 is 18.0 Å². The molecule has 24 heavy (non-hydrogen) atoms. The first-order valence-corrected chi connectivity index (χ1v) is 7.19. The number of urea groups is 1. The molecular weight excluding hydrogens is 341 g/mol. The molecule has 3 nitrogen and oxygen atoms in total. The molecule has 0 unspecified atom stereocenters. The van der Waals surface area contributed by atoms with Gasteiger partial charge < -0.3 is 10.6 Å². The van der Waals surface area contributed by atoms with Crippen LogP contribution in [0.25, 0.3) is 0 Å². The SMILES string of the molecule is O=C(NCC#Cc1cccc(Cl)c1)Nc1ccccc1C(F)(F)F. The van der Waals surface area contributed by atoms with Crippen LogP contribution in [-0.2, 0) is 6.18 Å². The van der Waals surface area contributed by atoms with Crippen molar-refractivity contribution in [1.82, 2.24) is 5.32 Å². The summed E-state index contributed by atoms with van der Waals surface area (Å²) >= 11 is 5.81. The Bertz CT molecular complexity index is 794. The van der Waals surface area contributed by atoms with Gasteiger partial charge in [-0.25, -0.2) is 4.79 Å². The average molecular weight is 353 g/mol. The number of carbonyl (C=O) groups excluding carboxylic acids is 1. The van der Waals surface area contributed by atoms with Crippen molar-refractivity contribution in [1.29, 1.82) is 0 Å². The minimum absolute atomic E-state index is 0.0213. The zero-order valence-corrected chi connectivity index (χ0v) is 13.0. The predicted molar refractivity (Wildman–Crippen MR) is 86.8 cm³/mol. The zero-order valence-electron chi connectivity index (χ0n) is 12.2. The van der Waals surface area contributed by atoms with E-state index in [0.29, 0.717) is 10.6 Å². The Morgan fingerprint density at radius 2 is 1.88 bits per heavy atom. The van der Waals surface area contributed by atoms with Crippen molar-refractivity contribution in [3.8, 4) is 11.8 Å². The molecule has 0 saturated heterocycles. The fourth-order valence-corrected chi connectivity index (χ4v) is 2.03. The van der Waals surface area contributed by atoms with Crippen molar-refractivity contribution in [3.05, 3.63) is 64.7 Å². The Morgan fingerprint density at radius 1 is 1.12 bits per heavy atom. The number of halogens is 4. The quantitative estimate of drug-likeness (QED) is 0.766. The summed E-state index contributed by atoms with van der Waals surface area (Å²) in [7, 11) is 0. The molecule has 2 aromatic carbocycles. The number of hydrogen-bond acceptors (Lipinski definition) is 1. The molecule has 0 heterocycles. The molecule has 0 aromatic heterocycles. The molecule has 0 spiro atoms. The van der Waals surface area contributed by atoms with Crippen molar-refractivity contribution in [3.63, 3.8) is 0 Å². The smallest absolute Gasteiger partial charge is 0.327 e. The maximum Gasteiger partial charge on any atom is 0.418 e. The molecule has 0 aliphatic rings. The van der Waals surface area contributed by atoms with E-state index in [1.165, 1.54) is 18.2 Å². The third-order valence-electron chi connectivity index (χ3n) is 2.88. The Hall–Kier alpha value is -2.65. The summed E-state index contributed by atoms with van der Waals surface area (Å²) in [6, 6.07) is 10.8.